The first-order valence-corrected chi connectivity index (χ1v) is 28.6. The number of aliphatic hydroxyl groups excluding tert-OH is 4. The molecule has 0 spiro atoms. The van der Waals surface area contributed by atoms with Crippen LogP contribution in [-0.2, 0) is 9.59 Å². The molecule has 0 aromatic carbocycles. The van der Waals surface area contributed by atoms with Crippen LogP contribution in [0, 0.1) is 0 Å². The van der Waals surface area contributed by atoms with Gasteiger partial charge in [-0.1, -0.05) is 205 Å². The number of unbranched alkanes of at least 4 members (excludes halogenated alkanes) is 22. The van der Waals surface area contributed by atoms with E-state index in [0.29, 0.717) is 50.5 Å². The maximum Gasteiger partial charge on any atom is 0.188 e. The van der Waals surface area contributed by atoms with E-state index < -0.39 is 0 Å². The van der Waals surface area contributed by atoms with Gasteiger partial charge in [0.25, 0.3) is 0 Å². The van der Waals surface area contributed by atoms with Crippen LogP contribution in [0.4, 0.5) is 0 Å². The van der Waals surface area contributed by atoms with Crippen LogP contribution in [0.25, 0.3) is 0 Å². The van der Waals surface area contributed by atoms with Crippen molar-refractivity contribution in [3.63, 3.8) is 0 Å². The summed E-state index contributed by atoms with van der Waals surface area (Å²) in [5, 5.41) is 43.7. The molecule has 0 rings (SSSR count). The maximum atomic E-state index is 12.7. The van der Waals surface area contributed by atoms with Crippen molar-refractivity contribution < 1.29 is 30.0 Å². The minimum atomic E-state index is -0.383. The van der Waals surface area contributed by atoms with Crippen LogP contribution in [0.1, 0.15) is 246 Å². The first kappa shape index (κ1) is 61.8. The Morgan fingerprint density at radius 1 is 0.355 bits per heavy atom. The van der Waals surface area contributed by atoms with E-state index in [1.54, 1.807) is 0 Å². The Bertz CT molecular complexity index is 842. The topological polar surface area (TPSA) is 122 Å². The van der Waals surface area contributed by atoms with Gasteiger partial charge in [-0.05, 0) is 64.5 Å². The van der Waals surface area contributed by atoms with Crippen molar-refractivity contribution >= 4 is 33.8 Å². The van der Waals surface area contributed by atoms with Crippen molar-refractivity contribution in [2.75, 3.05) is 50.8 Å². The standard InChI is InChI=1S/C52H104N2O6S2/c1-5-9-13-17-21-25-33-47(55)43-53(44-48(56)34-26-22-18-14-10-6-2)39-31-29-37-51(59)61-41-42-62-52(60)38-30-32-40-54(45-49(57)35-27-23-19-15-11-7-3)46-50(58)36-28-24-20-16-12-8-4/h47-50,55-58H,5-46H2,1-4H3. The van der Waals surface area contributed by atoms with Crippen molar-refractivity contribution in [1.82, 2.24) is 9.80 Å². The molecular weight excluding hydrogens is 813 g/mol. The zero-order valence-corrected chi connectivity index (χ0v) is 43.0. The molecule has 0 aliphatic heterocycles. The van der Waals surface area contributed by atoms with Crippen molar-refractivity contribution in [3.05, 3.63) is 0 Å². The van der Waals surface area contributed by atoms with Crippen LogP contribution in [-0.4, -0.2) is 116 Å². The molecule has 0 fully saturated rings. The fraction of sp³-hybridized carbons (Fsp3) is 0.962. The summed E-state index contributed by atoms with van der Waals surface area (Å²) in [6, 6.07) is 0. The van der Waals surface area contributed by atoms with E-state index in [0.717, 1.165) is 90.1 Å². The lowest BCUT2D eigenvalue weighted by molar-refractivity contribution is -0.111. The van der Waals surface area contributed by atoms with Crippen LogP contribution >= 0.6 is 23.5 Å². The molecule has 8 nitrogen and oxygen atoms in total. The molecule has 0 amide bonds. The van der Waals surface area contributed by atoms with Crippen LogP contribution in [0.3, 0.4) is 0 Å². The summed E-state index contributed by atoms with van der Waals surface area (Å²) >= 11 is 2.67. The molecule has 0 saturated carbocycles. The number of aliphatic hydroxyl groups is 4. The molecule has 0 aliphatic rings. The molecule has 0 saturated heterocycles. The summed E-state index contributed by atoms with van der Waals surface area (Å²) in [7, 11) is 0. The highest BCUT2D eigenvalue weighted by Gasteiger charge is 2.18. The number of carbonyl (C=O) groups is 2. The van der Waals surface area contributed by atoms with Crippen molar-refractivity contribution in [2.45, 2.75) is 270 Å². The summed E-state index contributed by atoms with van der Waals surface area (Å²) in [6.45, 7) is 12.8. The first-order chi connectivity index (χ1) is 30.1. The molecule has 0 aromatic heterocycles. The summed E-state index contributed by atoms with van der Waals surface area (Å²) in [5.41, 5.74) is 0. The molecule has 0 aromatic rings. The minimum Gasteiger partial charge on any atom is -0.392 e. The lowest BCUT2D eigenvalue weighted by Crippen LogP contribution is -2.38. The highest BCUT2D eigenvalue weighted by atomic mass is 32.2. The Labute approximate surface area is 393 Å². The zero-order chi connectivity index (χ0) is 45.7. The molecule has 0 heterocycles. The molecule has 10 heteroatoms. The predicted octanol–water partition coefficient (Wildman–Crippen LogP) is 12.9. The van der Waals surface area contributed by atoms with Gasteiger partial charge in [0.15, 0.2) is 10.2 Å². The number of hydrogen-bond donors (Lipinski definition) is 4. The Hall–Kier alpha value is -0.200. The normalized spacial score (nSPS) is 13.9. The number of hydrogen-bond acceptors (Lipinski definition) is 10. The van der Waals surface area contributed by atoms with E-state index in [1.807, 2.05) is 0 Å². The van der Waals surface area contributed by atoms with Gasteiger partial charge in [-0.15, -0.1) is 0 Å². The number of thioether (sulfide) groups is 2. The highest BCUT2D eigenvalue weighted by Crippen LogP contribution is 2.18. The molecule has 0 aliphatic carbocycles. The molecule has 4 unspecified atom stereocenters. The maximum absolute atomic E-state index is 12.7. The molecule has 370 valence electrons. The van der Waals surface area contributed by atoms with E-state index in [2.05, 4.69) is 37.5 Å². The first-order valence-electron chi connectivity index (χ1n) is 26.6. The number of carbonyl (C=O) groups excluding carboxylic acids is 2. The van der Waals surface area contributed by atoms with E-state index in [-0.39, 0.29) is 34.6 Å². The number of rotatable bonds is 49. The SMILES string of the molecule is CCCCCCCCC(O)CN(CCCCC(=O)SCCSC(=O)CCCCN(CC(O)CCCCCCCC)CC(O)CCCCCCCC)CC(O)CCCCCCCC. The fourth-order valence-corrected chi connectivity index (χ4v) is 10.1. The van der Waals surface area contributed by atoms with Gasteiger partial charge in [0.05, 0.1) is 24.4 Å². The van der Waals surface area contributed by atoms with Gasteiger partial charge in [0.2, 0.25) is 0 Å². The van der Waals surface area contributed by atoms with Gasteiger partial charge in [-0.3, -0.25) is 19.4 Å². The van der Waals surface area contributed by atoms with Gasteiger partial charge < -0.3 is 20.4 Å². The smallest absolute Gasteiger partial charge is 0.188 e. The van der Waals surface area contributed by atoms with Crippen molar-refractivity contribution in [1.29, 1.82) is 0 Å². The van der Waals surface area contributed by atoms with Crippen LogP contribution < -0.4 is 0 Å². The average molecular weight is 918 g/mol. The fourth-order valence-electron chi connectivity index (χ4n) is 8.38. The van der Waals surface area contributed by atoms with Gasteiger partial charge in [0.1, 0.15) is 0 Å². The predicted molar refractivity (Wildman–Crippen MR) is 272 cm³/mol. The summed E-state index contributed by atoms with van der Waals surface area (Å²) in [6.07, 6.45) is 35.0. The second-order valence-electron chi connectivity index (χ2n) is 18.7. The van der Waals surface area contributed by atoms with E-state index >= 15 is 0 Å². The van der Waals surface area contributed by atoms with E-state index in [9.17, 15) is 30.0 Å². The van der Waals surface area contributed by atoms with Crippen LogP contribution in [0.2, 0.25) is 0 Å². The third kappa shape index (κ3) is 43.7. The Balaban J connectivity index is 4.57. The minimum absolute atomic E-state index is 0.174. The average Bonchev–Trinajstić information content (AvgIpc) is 3.24. The van der Waals surface area contributed by atoms with Crippen LogP contribution in [0.5, 0.6) is 0 Å². The molecule has 0 bridgehead atoms. The van der Waals surface area contributed by atoms with Crippen LogP contribution in [0.15, 0.2) is 0 Å². The second kappa shape index (κ2) is 47.3. The molecule has 4 atom stereocenters. The third-order valence-electron chi connectivity index (χ3n) is 12.3. The molecule has 4 N–H and O–H groups in total. The Kier molecular flexibility index (Phi) is 47.1. The van der Waals surface area contributed by atoms with E-state index in [1.165, 1.54) is 152 Å². The lowest BCUT2D eigenvalue weighted by Gasteiger charge is -2.27. The molecular formula is C52H104N2O6S2. The summed E-state index contributed by atoms with van der Waals surface area (Å²) < 4.78 is 0. The van der Waals surface area contributed by atoms with E-state index in [4.69, 9.17) is 0 Å². The Morgan fingerprint density at radius 2 is 0.597 bits per heavy atom. The Morgan fingerprint density at radius 3 is 0.855 bits per heavy atom. The van der Waals surface area contributed by atoms with Gasteiger partial charge in [-0.25, -0.2) is 0 Å². The van der Waals surface area contributed by atoms with Crippen molar-refractivity contribution in [2.24, 2.45) is 0 Å². The zero-order valence-electron chi connectivity index (χ0n) is 41.3. The summed E-state index contributed by atoms with van der Waals surface area (Å²) in [4.78, 5) is 29.8. The van der Waals surface area contributed by atoms with Crippen molar-refractivity contribution in [3.8, 4) is 0 Å². The quantitative estimate of drug-likeness (QED) is 0.0439. The monoisotopic (exact) mass is 917 g/mol. The summed E-state index contributed by atoms with van der Waals surface area (Å²) in [5.74, 6) is 1.27. The lowest BCUT2D eigenvalue weighted by atomic mass is 10.1. The number of nitrogens with zero attached hydrogens (tertiary/aromatic N) is 2. The third-order valence-corrected chi connectivity index (χ3v) is 14.4. The second-order valence-corrected chi connectivity index (χ2v) is 21.0. The van der Waals surface area contributed by atoms with Gasteiger partial charge in [0, 0.05) is 50.5 Å². The molecule has 62 heavy (non-hydrogen) atoms. The molecule has 0 radical (unpaired) electrons. The largest absolute Gasteiger partial charge is 0.392 e. The van der Waals surface area contributed by atoms with Gasteiger partial charge >= 0.3 is 0 Å². The van der Waals surface area contributed by atoms with Gasteiger partial charge in [-0.2, -0.15) is 0 Å². The highest BCUT2D eigenvalue weighted by molar-refractivity contribution is 8.16.